The van der Waals surface area contributed by atoms with E-state index < -0.39 is 0 Å². The average Bonchev–Trinajstić information content (AvgIpc) is 2.61. The normalized spacial score (nSPS) is 23.9. The molecule has 16 heavy (non-hydrogen) atoms. The summed E-state index contributed by atoms with van der Waals surface area (Å²) >= 11 is 7.07. The third kappa shape index (κ3) is 2.35. The minimum absolute atomic E-state index is 0.0190. The summed E-state index contributed by atoms with van der Waals surface area (Å²) in [5.41, 5.74) is 0.714. The Bertz CT molecular complexity index is 389. The van der Waals surface area contributed by atoms with Gasteiger partial charge < -0.3 is 4.90 Å². The van der Waals surface area contributed by atoms with Crippen molar-refractivity contribution in [1.29, 1.82) is 0 Å². The Labute approximate surface area is 104 Å². The molecule has 2 rings (SSSR count). The van der Waals surface area contributed by atoms with E-state index in [1.54, 1.807) is 4.90 Å². The van der Waals surface area contributed by atoms with Gasteiger partial charge >= 0.3 is 0 Å². The van der Waals surface area contributed by atoms with Gasteiger partial charge in [0.2, 0.25) is 0 Å². The molecular weight excluding hydrogens is 246 g/mol. The molecule has 88 valence electrons. The Balaban J connectivity index is 1.92. The van der Waals surface area contributed by atoms with E-state index in [1.807, 2.05) is 14.0 Å². The van der Waals surface area contributed by atoms with Gasteiger partial charge in [-0.15, -0.1) is 16.7 Å². The number of rotatable bonds is 3. The highest BCUT2D eigenvalue weighted by atomic mass is 35.5. The first kappa shape index (κ1) is 11.8. The zero-order valence-corrected chi connectivity index (χ0v) is 10.9. The lowest BCUT2D eigenvalue weighted by Crippen LogP contribution is -2.37. The molecule has 1 amide bonds. The number of hydrogen-bond donors (Lipinski definition) is 0. The van der Waals surface area contributed by atoms with Crippen LogP contribution in [0.15, 0.2) is 0 Å². The Morgan fingerprint density at radius 1 is 1.62 bits per heavy atom. The number of hydrogen-bond acceptors (Lipinski definition) is 4. The van der Waals surface area contributed by atoms with Gasteiger partial charge in [0.05, 0.1) is 5.69 Å². The highest BCUT2D eigenvalue weighted by Crippen LogP contribution is 2.32. The van der Waals surface area contributed by atoms with Crippen molar-refractivity contribution < 1.29 is 4.79 Å². The van der Waals surface area contributed by atoms with Crippen molar-refractivity contribution in [3.8, 4) is 0 Å². The van der Waals surface area contributed by atoms with Crippen LogP contribution in [0.3, 0.4) is 0 Å². The summed E-state index contributed by atoms with van der Waals surface area (Å²) in [7, 11) is 1.82. The van der Waals surface area contributed by atoms with Crippen LogP contribution in [0.25, 0.3) is 0 Å². The van der Waals surface area contributed by atoms with Crippen molar-refractivity contribution in [2.75, 3.05) is 13.6 Å². The monoisotopic (exact) mass is 259 g/mol. The van der Waals surface area contributed by atoms with Crippen LogP contribution in [-0.4, -0.2) is 39.4 Å². The molecule has 1 fully saturated rings. The minimum Gasteiger partial charge on any atom is -0.341 e. The lowest BCUT2D eigenvalue weighted by molar-refractivity contribution is 0.0751. The number of carbonyl (C=O) groups is 1. The zero-order valence-electron chi connectivity index (χ0n) is 9.31. The van der Waals surface area contributed by atoms with E-state index in [9.17, 15) is 4.79 Å². The zero-order chi connectivity index (χ0) is 11.7. The first-order valence-electron chi connectivity index (χ1n) is 5.26. The maximum Gasteiger partial charge on any atom is 0.267 e. The second kappa shape index (κ2) is 4.67. The molecule has 1 aromatic rings. The lowest BCUT2D eigenvalue weighted by atomic mass is 9.84. The van der Waals surface area contributed by atoms with Crippen LogP contribution >= 0.6 is 23.1 Å². The number of aryl methyl sites for hydroxylation is 1. The Hall–Kier alpha value is -0.680. The molecule has 0 aromatic carbocycles. The summed E-state index contributed by atoms with van der Waals surface area (Å²) in [5, 5.41) is 4.15. The number of nitrogens with zero attached hydrogens (tertiary/aromatic N) is 3. The second-order valence-corrected chi connectivity index (χ2v) is 5.68. The van der Waals surface area contributed by atoms with Gasteiger partial charge in [-0.2, -0.15) is 0 Å². The van der Waals surface area contributed by atoms with Crippen LogP contribution in [-0.2, 0) is 0 Å². The van der Waals surface area contributed by atoms with Gasteiger partial charge in [-0.25, -0.2) is 0 Å². The largest absolute Gasteiger partial charge is 0.341 e. The molecule has 0 N–H and O–H groups in total. The van der Waals surface area contributed by atoms with E-state index in [1.165, 1.54) is 0 Å². The molecule has 0 spiro atoms. The molecule has 0 radical (unpaired) electrons. The molecule has 4 nitrogen and oxygen atoms in total. The first-order valence-corrected chi connectivity index (χ1v) is 6.47. The highest BCUT2D eigenvalue weighted by Gasteiger charge is 2.30. The molecule has 0 atom stereocenters. The van der Waals surface area contributed by atoms with Crippen LogP contribution < -0.4 is 0 Å². The van der Waals surface area contributed by atoms with Crippen molar-refractivity contribution in [1.82, 2.24) is 14.5 Å². The van der Waals surface area contributed by atoms with Gasteiger partial charge in [-0.3, -0.25) is 4.79 Å². The predicted octanol–water partition coefficient (Wildman–Crippen LogP) is 1.94. The van der Waals surface area contributed by atoms with E-state index in [0.29, 0.717) is 21.9 Å². The first-order chi connectivity index (χ1) is 7.58. The summed E-state index contributed by atoms with van der Waals surface area (Å²) in [6.07, 6.45) is 2.03. The van der Waals surface area contributed by atoms with Crippen molar-refractivity contribution in [3.05, 3.63) is 10.6 Å². The van der Waals surface area contributed by atoms with Crippen LogP contribution in [0.5, 0.6) is 0 Å². The van der Waals surface area contributed by atoms with E-state index in [4.69, 9.17) is 11.6 Å². The molecule has 1 aromatic heterocycles. The topological polar surface area (TPSA) is 46.1 Å². The van der Waals surface area contributed by atoms with E-state index >= 15 is 0 Å². The third-order valence-corrected chi connectivity index (χ3v) is 4.07. The summed E-state index contributed by atoms with van der Waals surface area (Å²) in [6, 6.07) is 0. The maximum atomic E-state index is 12.0. The molecule has 0 unspecified atom stereocenters. The van der Waals surface area contributed by atoms with Gasteiger partial charge in [-0.05, 0) is 37.2 Å². The standard InChI is InChI=1S/C10H14ClN3OS/c1-6-9(16-13-12-6)10(15)14(2)5-7-3-8(11)4-7/h7-8H,3-5H2,1-2H3. The predicted molar refractivity (Wildman–Crippen MR) is 64.0 cm³/mol. The SMILES string of the molecule is Cc1nnsc1C(=O)N(C)CC1CC(Cl)C1. The molecular formula is C10H14ClN3OS. The fourth-order valence-electron chi connectivity index (χ4n) is 1.87. The van der Waals surface area contributed by atoms with E-state index in [0.717, 1.165) is 30.9 Å². The maximum absolute atomic E-state index is 12.0. The summed E-state index contributed by atoms with van der Waals surface area (Å²) in [6.45, 7) is 2.59. The fraction of sp³-hybridized carbons (Fsp3) is 0.700. The molecule has 0 bridgehead atoms. The number of halogens is 1. The quantitative estimate of drug-likeness (QED) is 0.780. The summed E-state index contributed by atoms with van der Waals surface area (Å²) in [5.74, 6) is 0.572. The highest BCUT2D eigenvalue weighted by molar-refractivity contribution is 7.07. The average molecular weight is 260 g/mol. The number of amides is 1. The van der Waals surface area contributed by atoms with Gasteiger partial charge in [0.1, 0.15) is 4.88 Å². The summed E-state index contributed by atoms with van der Waals surface area (Å²) < 4.78 is 3.77. The Morgan fingerprint density at radius 2 is 2.31 bits per heavy atom. The molecule has 1 saturated carbocycles. The number of carbonyl (C=O) groups excluding carboxylic acids is 1. The second-order valence-electron chi connectivity index (χ2n) is 4.31. The molecule has 0 saturated heterocycles. The molecule has 1 aliphatic rings. The van der Waals surface area contributed by atoms with Gasteiger partial charge in [0, 0.05) is 19.0 Å². The molecule has 1 aliphatic carbocycles. The van der Waals surface area contributed by atoms with Crippen LogP contribution in [0, 0.1) is 12.8 Å². The van der Waals surface area contributed by atoms with Crippen molar-refractivity contribution >= 4 is 29.0 Å². The molecule has 6 heteroatoms. The smallest absolute Gasteiger partial charge is 0.267 e. The summed E-state index contributed by atoms with van der Waals surface area (Å²) in [4.78, 5) is 14.4. The number of alkyl halides is 1. The van der Waals surface area contributed by atoms with Gasteiger partial charge in [-0.1, -0.05) is 4.49 Å². The van der Waals surface area contributed by atoms with Crippen molar-refractivity contribution in [2.24, 2.45) is 5.92 Å². The van der Waals surface area contributed by atoms with Crippen LogP contribution in [0.4, 0.5) is 0 Å². The van der Waals surface area contributed by atoms with E-state index in [2.05, 4.69) is 9.59 Å². The minimum atomic E-state index is 0.0190. The van der Waals surface area contributed by atoms with Crippen LogP contribution in [0.1, 0.15) is 28.2 Å². The Kier molecular flexibility index (Phi) is 3.44. The molecule has 1 heterocycles. The van der Waals surface area contributed by atoms with Gasteiger partial charge in [0.15, 0.2) is 0 Å². The lowest BCUT2D eigenvalue weighted by Gasteiger charge is -2.33. The third-order valence-electron chi connectivity index (χ3n) is 2.90. The number of aromatic nitrogens is 2. The molecule has 0 aliphatic heterocycles. The van der Waals surface area contributed by atoms with Crippen LogP contribution in [0.2, 0.25) is 0 Å². The van der Waals surface area contributed by atoms with Crippen molar-refractivity contribution in [3.63, 3.8) is 0 Å². The fourth-order valence-corrected chi connectivity index (χ4v) is 3.03. The van der Waals surface area contributed by atoms with Crippen molar-refractivity contribution in [2.45, 2.75) is 25.1 Å². The van der Waals surface area contributed by atoms with E-state index in [-0.39, 0.29) is 5.91 Å². The van der Waals surface area contributed by atoms with Gasteiger partial charge in [0.25, 0.3) is 5.91 Å². The Morgan fingerprint density at radius 3 is 2.81 bits per heavy atom.